The van der Waals surface area contributed by atoms with E-state index >= 15 is 0 Å². The number of nitrogens with zero attached hydrogens (tertiary/aromatic N) is 3. The van der Waals surface area contributed by atoms with Crippen molar-refractivity contribution < 1.29 is 9.53 Å². The number of para-hydroxylation sites is 2. The summed E-state index contributed by atoms with van der Waals surface area (Å²) >= 11 is 1.56. The molecule has 2 aromatic carbocycles. The van der Waals surface area contributed by atoms with Crippen molar-refractivity contribution in [2.45, 2.75) is 19.8 Å². The molecule has 28 heavy (non-hydrogen) atoms. The van der Waals surface area contributed by atoms with Gasteiger partial charge >= 0.3 is 5.97 Å². The smallest absolute Gasteiger partial charge is 0.311 e. The number of fused-ring (bicyclic) bond motifs is 1. The van der Waals surface area contributed by atoms with Gasteiger partial charge in [-0.3, -0.25) is 4.79 Å². The molecule has 142 valence electrons. The minimum atomic E-state index is -0.224. The Morgan fingerprint density at radius 3 is 2.57 bits per heavy atom. The lowest BCUT2D eigenvalue weighted by Gasteiger charge is -2.02. The number of carbonyl (C=O) groups is 1. The minimum Gasteiger partial charge on any atom is -0.466 e. The van der Waals surface area contributed by atoms with Gasteiger partial charge in [-0.1, -0.05) is 42.5 Å². The molecule has 0 saturated carbocycles. The number of thiazole rings is 1. The van der Waals surface area contributed by atoms with Crippen LogP contribution in [-0.4, -0.2) is 27.1 Å². The molecule has 0 fully saturated rings. The predicted molar refractivity (Wildman–Crippen MR) is 111 cm³/mol. The molecular formula is C22H21N3O2S. The number of aromatic nitrogens is 3. The molecular weight excluding hydrogens is 370 g/mol. The van der Waals surface area contributed by atoms with E-state index in [9.17, 15) is 4.79 Å². The summed E-state index contributed by atoms with van der Waals surface area (Å²) in [6.07, 6.45) is 0.858. The van der Waals surface area contributed by atoms with Crippen LogP contribution in [0.5, 0.6) is 0 Å². The minimum absolute atomic E-state index is 0.224. The Hall–Kier alpha value is -2.99. The average molecular weight is 391 g/mol. The van der Waals surface area contributed by atoms with Crippen LogP contribution >= 0.6 is 11.3 Å². The zero-order valence-electron chi connectivity index (χ0n) is 15.9. The lowest BCUT2D eigenvalue weighted by atomic mass is 10.1. The van der Waals surface area contributed by atoms with Crippen molar-refractivity contribution in [1.82, 2.24) is 14.5 Å². The topological polar surface area (TPSA) is 57.0 Å². The molecule has 6 heteroatoms. The number of imidazole rings is 1. The van der Waals surface area contributed by atoms with Gasteiger partial charge in [-0.05, 0) is 19.1 Å². The van der Waals surface area contributed by atoms with Crippen LogP contribution in [0.25, 0.3) is 22.3 Å². The molecule has 0 saturated heterocycles. The second-order valence-electron chi connectivity index (χ2n) is 6.48. The summed E-state index contributed by atoms with van der Waals surface area (Å²) in [5.74, 6) is 0.731. The molecule has 0 aliphatic rings. The number of rotatable bonds is 6. The normalized spacial score (nSPS) is 11.1. The van der Waals surface area contributed by atoms with Crippen LogP contribution in [0.15, 0.2) is 54.6 Å². The van der Waals surface area contributed by atoms with E-state index in [-0.39, 0.29) is 12.4 Å². The summed E-state index contributed by atoms with van der Waals surface area (Å²) in [7, 11) is 2.02. The highest BCUT2D eigenvalue weighted by atomic mass is 32.1. The Balaban J connectivity index is 1.70. The third-order valence-electron chi connectivity index (χ3n) is 4.59. The molecule has 0 bridgehead atoms. The van der Waals surface area contributed by atoms with Gasteiger partial charge in [0.2, 0.25) is 0 Å². The number of hydrogen-bond acceptors (Lipinski definition) is 5. The van der Waals surface area contributed by atoms with Crippen LogP contribution in [0.3, 0.4) is 0 Å². The van der Waals surface area contributed by atoms with E-state index in [1.165, 1.54) is 0 Å². The monoisotopic (exact) mass is 391 g/mol. The third kappa shape index (κ3) is 3.68. The molecule has 2 heterocycles. The highest BCUT2D eigenvalue weighted by Crippen LogP contribution is 2.30. The van der Waals surface area contributed by atoms with Crippen molar-refractivity contribution >= 4 is 28.3 Å². The largest absolute Gasteiger partial charge is 0.466 e. The maximum absolute atomic E-state index is 12.1. The van der Waals surface area contributed by atoms with Crippen LogP contribution in [0, 0.1) is 0 Å². The van der Waals surface area contributed by atoms with E-state index in [2.05, 4.69) is 10.6 Å². The highest BCUT2D eigenvalue weighted by Gasteiger charge is 2.18. The Morgan fingerprint density at radius 1 is 1.07 bits per heavy atom. The fraction of sp³-hybridized carbons (Fsp3) is 0.227. The molecule has 0 N–H and O–H groups in total. The van der Waals surface area contributed by atoms with Crippen LogP contribution in [0.2, 0.25) is 0 Å². The molecule has 0 aliphatic heterocycles. The molecule has 0 atom stereocenters. The number of carbonyl (C=O) groups excluding carboxylic acids is 1. The summed E-state index contributed by atoms with van der Waals surface area (Å²) in [5, 5.41) is 0.941. The van der Waals surface area contributed by atoms with E-state index in [1.807, 2.05) is 62.5 Å². The van der Waals surface area contributed by atoms with Gasteiger partial charge in [0.1, 0.15) is 10.8 Å². The van der Waals surface area contributed by atoms with Crippen molar-refractivity contribution in [1.29, 1.82) is 0 Å². The second kappa shape index (κ2) is 7.94. The van der Waals surface area contributed by atoms with E-state index in [0.29, 0.717) is 13.0 Å². The summed E-state index contributed by atoms with van der Waals surface area (Å²) in [5.41, 5.74) is 3.94. The lowest BCUT2D eigenvalue weighted by Crippen LogP contribution is -2.07. The molecule has 5 nitrogen and oxygen atoms in total. The third-order valence-corrected chi connectivity index (χ3v) is 5.64. The molecule has 4 aromatic rings. The van der Waals surface area contributed by atoms with Crippen molar-refractivity contribution in [2.24, 2.45) is 7.05 Å². The van der Waals surface area contributed by atoms with E-state index in [1.54, 1.807) is 11.3 Å². The van der Waals surface area contributed by atoms with Crippen molar-refractivity contribution in [2.75, 3.05) is 6.61 Å². The Bertz CT molecular complexity index is 1120. The summed E-state index contributed by atoms with van der Waals surface area (Å²) < 4.78 is 7.25. The van der Waals surface area contributed by atoms with Crippen LogP contribution in [0.4, 0.5) is 0 Å². The first-order valence-corrected chi connectivity index (χ1v) is 10.1. The van der Waals surface area contributed by atoms with Gasteiger partial charge in [-0.15, -0.1) is 11.3 Å². The maximum Gasteiger partial charge on any atom is 0.311 e. The number of hydrogen-bond donors (Lipinski definition) is 0. The highest BCUT2D eigenvalue weighted by molar-refractivity contribution is 7.12. The van der Waals surface area contributed by atoms with E-state index < -0.39 is 0 Å². The molecule has 0 unspecified atom stereocenters. The van der Waals surface area contributed by atoms with Gasteiger partial charge in [-0.25, -0.2) is 9.97 Å². The average Bonchev–Trinajstić information content (AvgIpc) is 3.24. The zero-order chi connectivity index (χ0) is 19.5. The summed E-state index contributed by atoms with van der Waals surface area (Å²) in [6, 6.07) is 18.1. The Morgan fingerprint density at radius 2 is 1.82 bits per heavy atom. The Labute approximate surface area is 167 Å². The first kappa shape index (κ1) is 18.4. The summed E-state index contributed by atoms with van der Waals surface area (Å²) in [4.78, 5) is 22.6. The first-order chi connectivity index (χ1) is 13.7. The number of aryl methyl sites for hydroxylation is 1. The van der Waals surface area contributed by atoms with Crippen LogP contribution in [-0.2, 0) is 29.4 Å². The fourth-order valence-corrected chi connectivity index (χ4v) is 4.32. The number of ether oxygens (including phenoxy) is 1. The van der Waals surface area contributed by atoms with Crippen LogP contribution < -0.4 is 0 Å². The lowest BCUT2D eigenvalue weighted by molar-refractivity contribution is -0.142. The van der Waals surface area contributed by atoms with Gasteiger partial charge in [0.15, 0.2) is 0 Å². The van der Waals surface area contributed by atoms with E-state index in [4.69, 9.17) is 14.7 Å². The SMILES string of the molecule is CCOC(=O)Cc1sc(Cc2nc3ccccc3n2C)nc1-c1ccccc1. The van der Waals surface area contributed by atoms with Gasteiger partial charge in [-0.2, -0.15) is 0 Å². The molecule has 4 rings (SSSR count). The van der Waals surface area contributed by atoms with Gasteiger partial charge < -0.3 is 9.30 Å². The maximum atomic E-state index is 12.1. The summed E-state index contributed by atoms with van der Waals surface area (Å²) in [6.45, 7) is 2.20. The zero-order valence-corrected chi connectivity index (χ0v) is 16.7. The molecule has 0 amide bonds. The molecule has 0 aliphatic carbocycles. The van der Waals surface area contributed by atoms with Gasteiger partial charge in [0.25, 0.3) is 0 Å². The second-order valence-corrected chi connectivity index (χ2v) is 7.65. The molecule has 2 aromatic heterocycles. The molecule has 0 radical (unpaired) electrons. The van der Waals surface area contributed by atoms with E-state index in [0.717, 1.165) is 38.0 Å². The Kier molecular flexibility index (Phi) is 5.21. The van der Waals surface area contributed by atoms with Gasteiger partial charge in [0.05, 0.1) is 36.2 Å². The first-order valence-electron chi connectivity index (χ1n) is 9.25. The van der Waals surface area contributed by atoms with Crippen molar-refractivity contribution in [3.05, 3.63) is 70.3 Å². The number of esters is 1. The standard InChI is InChI=1S/C22H21N3O2S/c1-3-27-21(26)13-18-22(15-9-5-4-6-10-15)24-20(28-18)14-19-23-16-11-7-8-12-17(16)25(19)2/h4-12H,3,13-14H2,1-2H3. The van der Waals surface area contributed by atoms with Crippen molar-refractivity contribution in [3.63, 3.8) is 0 Å². The predicted octanol–water partition coefficient (Wildman–Crippen LogP) is 4.39. The quantitative estimate of drug-likeness (QED) is 0.457. The van der Waals surface area contributed by atoms with Gasteiger partial charge in [0, 0.05) is 17.5 Å². The fourth-order valence-electron chi connectivity index (χ4n) is 3.25. The number of benzene rings is 2. The van der Waals surface area contributed by atoms with Crippen LogP contribution in [0.1, 0.15) is 22.6 Å². The molecule has 0 spiro atoms. The van der Waals surface area contributed by atoms with Crippen molar-refractivity contribution in [3.8, 4) is 11.3 Å².